The minimum atomic E-state index is 0.0499. The van der Waals surface area contributed by atoms with Gasteiger partial charge >= 0.3 is 0 Å². The quantitative estimate of drug-likeness (QED) is 0.887. The van der Waals surface area contributed by atoms with Crippen LogP contribution >= 0.6 is 11.6 Å². The number of nitrogens with two attached hydrogens (primary N) is 1. The number of ether oxygens (including phenoxy) is 1. The van der Waals surface area contributed by atoms with Gasteiger partial charge in [0.15, 0.2) is 0 Å². The molecule has 2 aromatic carbocycles. The highest BCUT2D eigenvalue weighted by molar-refractivity contribution is 6.31. The van der Waals surface area contributed by atoms with E-state index < -0.39 is 0 Å². The Balaban J connectivity index is 2.15. The molecule has 0 aliphatic heterocycles. The predicted molar refractivity (Wildman–Crippen MR) is 89.1 cm³/mol. The summed E-state index contributed by atoms with van der Waals surface area (Å²) >= 11 is 6.27. The van der Waals surface area contributed by atoms with Crippen molar-refractivity contribution in [1.82, 2.24) is 0 Å². The summed E-state index contributed by atoms with van der Waals surface area (Å²) < 4.78 is 5.96. The zero-order valence-electron chi connectivity index (χ0n) is 12.8. The predicted octanol–water partition coefficient (Wildman–Crippen LogP) is 4.43. The summed E-state index contributed by atoms with van der Waals surface area (Å²) in [4.78, 5) is 0. The third-order valence-corrected chi connectivity index (χ3v) is 3.92. The Labute approximate surface area is 131 Å². The molecule has 112 valence electrons. The Kier molecular flexibility index (Phi) is 5.27. The van der Waals surface area contributed by atoms with Crippen LogP contribution in [0.2, 0.25) is 5.02 Å². The van der Waals surface area contributed by atoms with Crippen molar-refractivity contribution in [1.29, 1.82) is 0 Å². The van der Waals surface area contributed by atoms with Crippen LogP contribution in [-0.2, 0) is 13.0 Å². The topological polar surface area (TPSA) is 35.2 Å². The van der Waals surface area contributed by atoms with Crippen LogP contribution in [0.3, 0.4) is 0 Å². The fourth-order valence-electron chi connectivity index (χ4n) is 2.25. The molecule has 0 radical (unpaired) electrons. The molecule has 0 aliphatic carbocycles. The van der Waals surface area contributed by atoms with Crippen LogP contribution in [0.5, 0.6) is 5.75 Å². The van der Waals surface area contributed by atoms with Gasteiger partial charge in [-0.15, -0.1) is 0 Å². The van der Waals surface area contributed by atoms with Gasteiger partial charge in [-0.1, -0.05) is 35.9 Å². The minimum absolute atomic E-state index is 0.0499. The van der Waals surface area contributed by atoms with Gasteiger partial charge in [-0.2, -0.15) is 0 Å². The molecular formula is C18H22ClNO. The van der Waals surface area contributed by atoms with Crippen molar-refractivity contribution in [3.05, 3.63) is 63.7 Å². The highest BCUT2D eigenvalue weighted by Crippen LogP contribution is 2.28. The molecule has 1 atom stereocenters. The maximum atomic E-state index is 6.27. The van der Waals surface area contributed by atoms with Crippen LogP contribution < -0.4 is 10.5 Å². The molecule has 0 saturated heterocycles. The Hall–Kier alpha value is -1.51. The summed E-state index contributed by atoms with van der Waals surface area (Å²) in [6.07, 6.45) is 0.710. The average Bonchev–Trinajstić information content (AvgIpc) is 2.43. The lowest BCUT2D eigenvalue weighted by atomic mass is 10.1. The first-order valence-electron chi connectivity index (χ1n) is 7.19. The maximum absolute atomic E-state index is 6.27. The summed E-state index contributed by atoms with van der Waals surface area (Å²) in [5.41, 5.74) is 10.6. The van der Waals surface area contributed by atoms with E-state index in [1.165, 1.54) is 11.1 Å². The fraction of sp³-hybridized carbons (Fsp3) is 0.333. The van der Waals surface area contributed by atoms with Crippen molar-refractivity contribution in [3.8, 4) is 5.75 Å². The van der Waals surface area contributed by atoms with Crippen LogP contribution in [0.1, 0.15) is 29.2 Å². The lowest BCUT2D eigenvalue weighted by molar-refractivity contribution is 0.302. The van der Waals surface area contributed by atoms with E-state index in [9.17, 15) is 0 Å². The normalized spacial score (nSPS) is 12.2. The molecule has 0 aliphatic rings. The molecule has 3 heteroatoms. The molecule has 0 aromatic heterocycles. The first kappa shape index (κ1) is 15.9. The van der Waals surface area contributed by atoms with E-state index in [4.69, 9.17) is 22.1 Å². The zero-order chi connectivity index (χ0) is 15.4. The Morgan fingerprint density at radius 2 is 1.90 bits per heavy atom. The molecule has 21 heavy (non-hydrogen) atoms. The number of aryl methyl sites for hydroxylation is 2. The first-order valence-corrected chi connectivity index (χ1v) is 7.57. The molecular weight excluding hydrogens is 282 g/mol. The standard InChI is InChI=1S/C18H22ClNO/c1-12-7-8-15(9-13(12)2)11-21-18-6-4-5-17(19)16(18)10-14(3)20/h4-9,14H,10-11,20H2,1-3H3. The number of rotatable bonds is 5. The second-order valence-electron chi connectivity index (χ2n) is 5.61. The van der Waals surface area contributed by atoms with E-state index in [-0.39, 0.29) is 6.04 Å². The summed E-state index contributed by atoms with van der Waals surface area (Å²) in [6, 6.07) is 12.2. The van der Waals surface area contributed by atoms with Crippen molar-refractivity contribution in [2.75, 3.05) is 0 Å². The summed E-state index contributed by atoms with van der Waals surface area (Å²) in [7, 11) is 0. The van der Waals surface area contributed by atoms with Crippen molar-refractivity contribution >= 4 is 11.6 Å². The maximum Gasteiger partial charge on any atom is 0.124 e. The number of halogens is 1. The molecule has 2 aromatic rings. The van der Waals surface area contributed by atoms with Gasteiger partial charge in [-0.3, -0.25) is 0 Å². The van der Waals surface area contributed by atoms with Gasteiger partial charge in [0.1, 0.15) is 12.4 Å². The average molecular weight is 304 g/mol. The molecule has 0 heterocycles. The second kappa shape index (κ2) is 6.97. The van der Waals surface area contributed by atoms with E-state index in [2.05, 4.69) is 32.0 Å². The van der Waals surface area contributed by atoms with E-state index in [0.717, 1.165) is 16.9 Å². The monoisotopic (exact) mass is 303 g/mol. The number of hydrogen-bond donors (Lipinski definition) is 1. The van der Waals surface area contributed by atoms with E-state index in [1.54, 1.807) is 0 Å². The molecule has 2 N–H and O–H groups in total. The highest BCUT2D eigenvalue weighted by Gasteiger charge is 2.10. The molecule has 2 nitrogen and oxygen atoms in total. The SMILES string of the molecule is Cc1ccc(COc2cccc(Cl)c2CC(C)N)cc1C. The number of hydrogen-bond acceptors (Lipinski definition) is 2. The van der Waals surface area contributed by atoms with E-state index in [0.29, 0.717) is 18.1 Å². The molecule has 0 amide bonds. The van der Waals surface area contributed by atoms with Gasteiger partial charge in [0, 0.05) is 16.6 Å². The van der Waals surface area contributed by atoms with E-state index >= 15 is 0 Å². The van der Waals surface area contributed by atoms with Crippen LogP contribution in [0.25, 0.3) is 0 Å². The highest BCUT2D eigenvalue weighted by atomic mass is 35.5. The summed E-state index contributed by atoms with van der Waals surface area (Å²) in [5, 5.41) is 0.713. The van der Waals surface area contributed by atoms with Gasteiger partial charge in [0.2, 0.25) is 0 Å². The molecule has 0 spiro atoms. The largest absolute Gasteiger partial charge is 0.489 e. The van der Waals surface area contributed by atoms with Crippen molar-refractivity contribution < 1.29 is 4.74 Å². The van der Waals surface area contributed by atoms with E-state index in [1.807, 2.05) is 25.1 Å². The molecule has 0 fully saturated rings. The van der Waals surface area contributed by atoms with Crippen LogP contribution in [0.15, 0.2) is 36.4 Å². The molecule has 0 bridgehead atoms. The Morgan fingerprint density at radius 3 is 2.57 bits per heavy atom. The molecule has 1 unspecified atom stereocenters. The van der Waals surface area contributed by atoms with Crippen molar-refractivity contribution in [3.63, 3.8) is 0 Å². The van der Waals surface area contributed by atoms with Crippen molar-refractivity contribution in [2.24, 2.45) is 5.73 Å². The first-order chi connectivity index (χ1) is 9.97. The zero-order valence-corrected chi connectivity index (χ0v) is 13.6. The third-order valence-electron chi connectivity index (χ3n) is 3.57. The lowest BCUT2D eigenvalue weighted by Crippen LogP contribution is -2.18. The number of benzene rings is 2. The smallest absolute Gasteiger partial charge is 0.124 e. The lowest BCUT2D eigenvalue weighted by Gasteiger charge is -2.15. The Bertz CT molecular complexity index is 623. The van der Waals surface area contributed by atoms with Gasteiger partial charge in [-0.25, -0.2) is 0 Å². The van der Waals surface area contributed by atoms with Gasteiger partial charge in [-0.05, 0) is 56.0 Å². The second-order valence-corrected chi connectivity index (χ2v) is 6.01. The molecule has 2 rings (SSSR count). The Morgan fingerprint density at radius 1 is 1.14 bits per heavy atom. The van der Waals surface area contributed by atoms with Crippen LogP contribution in [-0.4, -0.2) is 6.04 Å². The third kappa shape index (κ3) is 4.23. The summed E-state index contributed by atoms with van der Waals surface area (Å²) in [5.74, 6) is 0.818. The minimum Gasteiger partial charge on any atom is -0.489 e. The van der Waals surface area contributed by atoms with Crippen LogP contribution in [0.4, 0.5) is 0 Å². The van der Waals surface area contributed by atoms with Gasteiger partial charge in [0.25, 0.3) is 0 Å². The fourth-order valence-corrected chi connectivity index (χ4v) is 2.49. The van der Waals surface area contributed by atoms with Crippen LogP contribution in [0, 0.1) is 13.8 Å². The van der Waals surface area contributed by atoms with Gasteiger partial charge < -0.3 is 10.5 Å². The molecule has 0 saturated carbocycles. The summed E-state index contributed by atoms with van der Waals surface area (Å²) in [6.45, 7) is 6.72. The van der Waals surface area contributed by atoms with Crippen molar-refractivity contribution in [2.45, 2.75) is 39.8 Å². The van der Waals surface area contributed by atoms with Gasteiger partial charge in [0.05, 0.1) is 0 Å².